The molecule has 0 atom stereocenters. The second-order valence-corrected chi connectivity index (χ2v) is 6.49. The van der Waals surface area contributed by atoms with Crippen LogP contribution < -0.4 is 0 Å². The second kappa shape index (κ2) is 7.45. The molecule has 26 heavy (non-hydrogen) atoms. The second-order valence-electron chi connectivity index (χ2n) is 5.57. The Balaban J connectivity index is 1.98. The van der Waals surface area contributed by atoms with Gasteiger partial charge in [0.1, 0.15) is 5.71 Å². The van der Waals surface area contributed by atoms with Gasteiger partial charge in [-0.3, -0.25) is 10.1 Å². The molecule has 0 radical (unpaired) electrons. The first-order valence-electron chi connectivity index (χ1n) is 7.65. The van der Waals surface area contributed by atoms with E-state index in [0.717, 1.165) is 5.56 Å². The van der Waals surface area contributed by atoms with Gasteiger partial charge in [-0.05, 0) is 24.6 Å². The number of hydrogen-bond donors (Lipinski definition) is 0. The fraction of sp³-hybridized carbons (Fsp3) is 0.0526. The van der Waals surface area contributed by atoms with E-state index in [1.165, 1.54) is 6.07 Å². The van der Waals surface area contributed by atoms with Gasteiger partial charge in [0.2, 0.25) is 0 Å². The largest absolute Gasteiger partial charge is 0.368 e. The molecule has 130 valence electrons. The Morgan fingerprint density at radius 2 is 1.96 bits per heavy atom. The van der Waals surface area contributed by atoms with E-state index in [0.29, 0.717) is 15.6 Å². The highest BCUT2D eigenvalue weighted by atomic mass is 79.9. The first kappa shape index (κ1) is 17.8. The number of benzene rings is 2. The lowest BCUT2D eigenvalue weighted by Crippen LogP contribution is -2.08. The molecule has 6 nitrogen and oxygen atoms in total. The van der Waals surface area contributed by atoms with E-state index >= 15 is 0 Å². The molecule has 0 N–H and O–H groups in total. The number of carbonyl (C=O) groups is 1. The van der Waals surface area contributed by atoms with Gasteiger partial charge >= 0.3 is 5.97 Å². The highest BCUT2D eigenvalue weighted by Gasteiger charge is 2.28. The summed E-state index contributed by atoms with van der Waals surface area (Å²) in [6.45, 7) is 1.65. The van der Waals surface area contributed by atoms with Crippen LogP contribution in [-0.4, -0.2) is 16.6 Å². The maximum atomic E-state index is 12.0. The van der Waals surface area contributed by atoms with Crippen LogP contribution >= 0.6 is 15.9 Å². The number of aryl methyl sites for hydroxylation is 1. The monoisotopic (exact) mass is 412 g/mol. The molecular formula is C19H13BrN2O4. The van der Waals surface area contributed by atoms with Crippen LogP contribution in [-0.2, 0) is 9.63 Å². The third-order valence-electron chi connectivity index (χ3n) is 3.76. The van der Waals surface area contributed by atoms with Crippen LogP contribution in [0.3, 0.4) is 0 Å². The normalized spacial score (nSPS) is 15.8. The van der Waals surface area contributed by atoms with Gasteiger partial charge in [-0.1, -0.05) is 63.6 Å². The first-order chi connectivity index (χ1) is 12.5. The van der Waals surface area contributed by atoms with E-state index in [4.69, 9.17) is 4.84 Å². The Hall–Kier alpha value is -3.06. The Kier molecular flexibility index (Phi) is 5.09. The summed E-state index contributed by atoms with van der Waals surface area (Å²) < 4.78 is 0.645. The van der Waals surface area contributed by atoms with Crippen molar-refractivity contribution < 1.29 is 14.6 Å². The zero-order chi connectivity index (χ0) is 18.7. The quantitative estimate of drug-likeness (QED) is 0.319. The molecule has 7 heteroatoms. The van der Waals surface area contributed by atoms with E-state index < -0.39 is 10.9 Å². The number of allylic oxidation sites excluding steroid dienone is 2. The van der Waals surface area contributed by atoms with Gasteiger partial charge in [-0.2, -0.15) is 0 Å². The third kappa shape index (κ3) is 3.78. The molecule has 0 saturated heterocycles. The zero-order valence-electron chi connectivity index (χ0n) is 13.7. The number of halogens is 1. The maximum absolute atomic E-state index is 12.0. The minimum atomic E-state index is -0.610. The molecule has 3 rings (SSSR count). The van der Waals surface area contributed by atoms with Crippen molar-refractivity contribution in [1.82, 2.24) is 0 Å². The van der Waals surface area contributed by atoms with Crippen molar-refractivity contribution in [3.8, 4) is 0 Å². The number of carbonyl (C=O) groups excluding carboxylic acids is 1. The summed E-state index contributed by atoms with van der Waals surface area (Å²) in [7, 11) is 0. The Bertz CT molecular complexity index is 978. The molecule has 1 heterocycles. The topological polar surface area (TPSA) is 81.8 Å². The highest BCUT2D eigenvalue weighted by Crippen LogP contribution is 2.26. The number of nitro groups is 1. The van der Waals surface area contributed by atoms with Gasteiger partial charge < -0.3 is 4.84 Å². The molecule has 0 amide bonds. The van der Waals surface area contributed by atoms with Crippen LogP contribution in [0.15, 0.2) is 69.8 Å². The van der Waals surface area contributed by atoms with E-state index in [9.17, 15) is 14.9 Å². The molecule has 0 aliphatic carbocycles. The molecule has 0 bridgehead atoms. The van der Waals surface area contributed by atoms with E-state index in [1.54, 1.807) is 25.1 Å². The maximum Gasteiger partial charge on any atom is 0.368 e. The highest BCUT2D eigenvalue weighted by molar-refractivity contribution is 9.12. The predicted molar refractivity (Wildman–Crippen MR) is 102 cm³/mol. The fourth-order valence-electron chi connectivity index (χ4n) is 2.46. The first-order valence-corrected chi connectivity index (χ1v) is 8.44. The number of oxime groups is 1. The zero-order valence-corrected chi connectivity index (χ0v) is 15.3. The van der Waals surface area contributed by atoms with Crippen molar-refractivity contribution in [3.05, 3.63) is 91.5 Å². The van der Waals surface area contributed by atoms with Crippen LogP contribution in [0.2, 0.25) is 0 Å². The minimum absolute atomic E-state index is 0.0391. The summed E-state index contributed by atoms with van der Waals surface area (Å²) in [5.74, 6) is -0.610. The Morgan fingerprint density at radius 3 is 2.65 bits per heavy atom. The fourth-order valence-corrected chi connectivity index (χ4v) is 2.95. The summed E-state index contributed by atoms with van der Waals surface area (Å²) >= 11 is 3.42. The number of nitro benzene ring substituents is 1. The van der Waals surface area contributed by atoms with Crippen molar-refractivity contribution in [2.24, 2.45) is 5.16 Å². The number of hydrogen-bond acceptors (Lipinski definition) is 5. The SMILES string of the molecule is Cc1ccc(C2=NOC(=O)C2=CC(Br)=Cc2ccccc2)cc1[N+](=O)[O-]. The molecular weight excluding hydrogens is 400 g/mol. The lowest BCUT2D eigenvalue weighted by Gasteiger charge is -2.03. The van der Waals surface area contributed by atoms with Gasteiger partial charge in [-0.15, -0.1) is 0 Å². The number of rotatable bonds is 4. The molecule has 0 unspecified atom stereocenters. The molecule has 0 aromatic heterocycles. The van der Waals surface area contributed by atoms with Crippen molar-refractivity contribution in [1.29, 1.82) is 0 Å². The number of nitrogens with zero attached hydrogens (tertiary/aromatic N) is 2. The van der Waals surface area contributed by atoms with E-state index in [-0.39, 0.29) is 17.0 Å². The molecule has 0 spiro atoms. The lowest BCUT2D eigenvalue weighted by atomic mass is 10.0. The van der Waals surface area contributed by atoms with Crippen molar-refractivity contribution in [2.45, 2.75) is 6.92 Å². The molecule has 2 aromatic carbocycles. The minimum Gasteiger partial charge on any atom is -0.312 e. The lowest BCUT2D eigenvalue weighted by molar-refractivity contribution is -0.385. The van der Waals surface area contributed by atoms with Crippen molar-refractivity contribution in [2.75, 3.05) is 0 Å². The Morgan fingerprint density at radius 1 is 1.23 bits per heavy atom. The molecule has 1 aliphatic rings. The van der Waals surface area contributed by atoms with Gasteiger partial charge in [-0.25, -0.2) is 4.79 Å². The average Bonchev–Trinajstić information content (AvgIpc) is 2.96. The van der Waals surface area contributed by atoms with Crippen molar-refractivity contribution >= 4 is 39.4 Å². The predicted octanol–water partition coefficient (Wildman–Crippen LogP) is 4.53. The molecule has 2 aromatic rings. The summed E-state index contributed by atoms with van der Waals surface area (Å²) in [6, 6.07) is 14.2. The third-order valence-corrected chi connectivity index (χ3v) is 4.22. The van der Waals surface area contributed by atoms with E-state index in [1.807, 2.05) is 36.4 Å². The van der Waals surface area contributed by atoms with E-state index in [2.05, 4.69) is 21.1 Å². The van der Waals surface area contributed by atoms with Gasteiger partial charge in [0, 0.05) is 21.7 Å². The molecule has 0 saturated carbocycles. The van der Waals surface area contributed by atoms with Crippen LogP contribution in [0.1, 0.15) is 16.7 Å². The summed E-state index contributed by atoms with van der Waals surface area (Å²) in [6.07, 6.45) is 3.43. The summed E-state index contributed by atoms with van der Waals surface area (Å²) in [5, 5.41) is 14.9. The van der Waals surface area contributed by atoms with Gasteiger partial charge in [0.15, 0.2) is 0 Å². The van der Waals surface area contributed by atoms with Crippen molar-refractivity contribution in [3.63, 3.8) is 0 Å². The van der Waals surface area contributed by atoms with Crippen LogP contribution in [0.5, 0.6) is 0 Å². The standard InChI is InChI=1S/C19H13BrN2O4/c1-12-7-8-14(10-17(12)22(24)25)18-16(19(23)26-21-18)11-15(20)9-13-5-3-2-4-6-13/h2-11H,1H3. The average molecular weight is 413 g/mol. The molecule has 0 fully saturated rings. The summed E-state index contributed by atoms with van der Waals surface area (Å²) in [4.78, 5) is 27.5. The molecule has 1 aliphatic heterocycles. The summed E-state index contributed by atoms with van der Waals surface area (Å²) in [5.41, 5.74) is 2.37. The van der Waals surface area contributed by atoms with Crippen LogP contribution in [0, 0.1) is 17.0 Å². The van der Waals surface area contributed by atoms with Crippen LogP contribution in [0.25, 0.3) is 6.08 Å². The van der Waals surface area contributed by atoms with Gasteiger partial charge in [0.25, 0.3) is 5.69 Å². The van der Waals surface area contributed by atoms with Gasteiger partial charge in [0.05, 0.1) is 10.5 Å². The smallest absolute Gasteiger partial charge is 0.312 e. The van der Waals surface area contributed by atoms with Crippen LogP contribution in [0.4, 0.5) is 5.69 Å². The Labute approximate surface area is 157 Å².